The molecule has 0 aliphatic rings. The smallest absolute Gasteiger partial charge is 0.333 e. The third-order valence-electron chi connectivity index (χ3n) is 6.06. The average molecular weight is 476 g/mol. The third-order valence-corrected chi connectivity index (χ3v) is 6.06. The lowest BCUT2D eigenvalue weighted by Crippen LogP contribution is -2.04. The van der Waals surface area contributed by atoms with Crippen LogP contribution in [0.25, 0.3) is 28.3 Å². The first-order valence-electron chi connectivity index (χ1n) is 11.3. The fourth-order valence-electron chi connectivity index (χ4n) is 4.27. The number of rotatable bonds is 5. The van der Waals surface area contributed by atoms with Crippen LogP contribution in [0.15, 0.2) is 73.1 Å². The zero-order valence-corrected chi connectivity index (χ0v) is 19.6. The van der Waals surface area contributed by atoms with E-state index in [0.29, 0.717) is 23.7 Å². The predicted octanol–water partition coefficient (Wildman–Crippen LogP) is 6.53. The minimum atomic E-state index is -4.47. The number of nitrogens with zero attached hydrogens (tertiary/aromatic N) is 5. The highest BCUT2D eigenvalue weighted by atomic mass is 19.4. The van der Waals surface area contributed by atoms with Crippen LogP contribution >= 0.6 is 0 Å². The molecule has 0 aliphatic carbocycles. The maximum Gasteiger partial charge on any atom is 0.434 e. The molecular formula is C27H24F3N5. The molecule has 0 atom stereocenters. The van der Waals surface area contributed by atoms with Gasteiger partial charge >= 0.3 is 6.18 Å². The normalized spacial score (nSPS) is 12.1. The number of hydrogen-bond donors (Lipinski definition) is 0. The molecule has 0 aliphatic heterocycles. The summed E-state index contributed by atoms with van der Waals surface area (Å²) in [5, 5.41) is 4.83. The number of aromatic nitrogens is 5. The van der Waals surface area contributed by atoms with E-state index in [9.17, 15) is 13.2 Å². The van der Waals surface area contributed by atoms with Gasteiger partial charge in [-0.15, -0.1) is 5.10 Å². The maximum atomic E-state index is 13.0. The van der Waals surface area contributed by atoms with Crippen LogP contribution in [0.5, 0.6) is 0 Å². The largest absolute Gasteiger partial charge is 0.434 e. The quantitative estimate of drug-likeness (QED) is 0.290. The standard InChI is InChI=1S/C27H24F3N5/c1-17(2)22-6-4-5-7-23(22)25-31-15-21-13-12-20(35(21)33-25)14-18-8-10-19(11-9-18)26-32-24(16-34(26)3)27(28,29)30/h4-13,15-17H,14H2,1-3H3. The number of aryl methyl sites for hydroxylation is 1. The number of fused-ring (bicyclic) bond motifs is 1. The summed E-state index contributed by atoms with van der Waals surface area (Å²) >= 11 is 0. The molecule has 35 heavy (non-hydrogen) atoms. The monoisotopic (exact) mass is 475 g/mol. The summed E-state index contributed by atoms with van der Waals surface area (Å²) in [6.45, 7) is 4.30. The lowest BCUT2D eigenvalue weighted by molar-refractivity contribution is -0.140. The minimum Gasteiger partial charge on any atom is -0.333 e. The first-order chi connectivity index (χ1) is 16.7. The first kappa shape index (κ1) is 22.8. The zero-order valence-electron chi connectivity index (χ0n) is 19.6. The van der Waals surface area contributed by atoms with Crippen molar-refractivity contribution in [2.24, 2.45) is 7.05 Å². The van der Waals surface area contributed by atoms with Crippen LogP contribution in [0.4, 0.5) is 13.2 Å². The highest BCUT2D eigenvalue weighted by Gasteiger charge is 2.34. The summed E-state index contributed by atoms with van der Waals surface area (Å²) in [6, 6.07) is 19.6. The molecule has 0 unspecified atom stereocenters. The van der Waals surface area contributed by atoms with Gasteiger partial charge in [-0.05, 0) is 29.2 Å². The maximum absolute atomic E-state index is 13.0. The number of benzene rings is 2. The second kappa shape index (κ2) is 8.69. The van der Waals surface area contributed by atoms with Crippen molar-refractivity contribution in [3.63, 3.8) is 0 Å². The highest BCUT2D eigenvalue weighted by Crippen LogP contribution is 2.31. The van der Waals surface area contributed by atoms with Crippen molar-refractivity contribution in [3.05, 3.63) is 95.6 Å². The van der Waals surface area contributed by atoms with Crippen molar-refractivity contribution in [3.8, 4) is 22.8 Å². The van der Waals surface area contributed by atoms with Crippen molar-refractivity contribution in [1.29, 1.82) is 0 Å². The van der Waals surface area contributed by atoms with Gasteiger partial charge in [0.25, 0.3) is 0 Å². The summed E-state index contributed by atoms with van der Waals surface area (Å²) in [4.78, 5) is 8.36. The van der Waals surface area contributed by atoms with E-state index in [2.05, 4.69) is 29.9 Å². The average Bonchev–Trinajstić information content (AvgIpc) is 3.43. The Balaban J connectivity index is 1.44. The molecule has 0 N–H and O–H groups in total. The topological polar surface area (TPSA) is 48.0 Å². The Kier molecular flexibility index (Phi) is 5.67. The third kappa shape index (κ3) is 4.43. The highest BCUT2D eigenvalue weighted by molar-refractivity contribution is 5.62. The summed E-state index contributed by atoms with van der Waals surface area (Å²) in [5.41, 5.74) is 4.85. The Morgan fingerprint density at radius 2 is 1.69 bits per heavy atom. The lowest BCUT2D eigenvalue weighted by Gasteiger charge is -2.12. The molecule has 3 heterocycles. The summed E-state index contributed by atoms with van der Waals surface area (Å²) in [5.74, 6) is 1.29. The van der Waals surface area contributed by atoms with Gasteiger partial charge in [-0.2, -0.15) is 13.2 Å². The van der Waals surface area contributed by atoms with Crippen molar-refractivity contribution < 1.29 is 13.2 Å². The number of halogens is 3. The Morgan fingerprint density at radius 3 is 2.37 bits per heavy atom. The molecule has 2 aromatic carbocycles. The Hall–Kier alpha value is -3.94. The number of imidazole rings is 1. The Bertz CT molecular complexity index is 1490. The van der Waals surface area contributed by atoms with Crippen LogP contribution in [0.2, 0.25) is 0 Å². The van der Waals surface area contributed by atoms with E-state index in [1.54, 1.807) is 19.2 Å². The molecule has 5 aromatic rings. The van der Waals surface area contributed by atoms with E-state index >= 15 is 0 Å². The number of alkyl halides is 3. The van der Waals surface area contributed by atoms with E-state index in [4.69, 9.17) is 5.10 Å². The van der Waals surface area contributed by atoms with Gasteiger partial charge in [0, 0.05) is 36.5 Å². The molecule has 0 fully saturated rings. The molecule has 0 saturated carbocycles. The second-order valence-corrected chi connectivity index (χ2v) is 8.92. The van der Waals surface area contributed by atoms with Gasteiger partial charge in [-0.3, -0.25) is 0 Å². The number of hydrogen-bond acceptors (Lipinski definition) is 3. The molecule has 5 rings (SSSR count). The van der Waals surface area contributed by atoms with Gasteiger partial charge in [0.15, 0.2) is 11.5 Å². The molecule has 178 valence electrons. The van der Waals surface area contributed by atoms with E-state index in [1.807, 2.05) is 53.2 Å². The van der Waals surface area contributed by atoms with E-state index < -0.39 is 11.9 Å². The van der Waals surface area contributed by atoms with Crippen LogP contribution in [-0.2, 0) is 19.6 Å². The molecule has 0 bridgehead atoms. The predicted molar refractivity (Wildman–Crippen MR) is 129 cm³/mol. The molecule has 3 aromatic heterocycles. The molecule has 0 saturated heterocycles. The van der Waals surface area contributed by atoms with Crippen molar-refractivity contribution >= 4 is 5.52 Å². The molecular weight excluding hydrogens is 451 g/mol. The van der Waals surface area contributed by atoms with Crippen LogP contribution in [-0.4, -0.2) is 24.1 Å². The second-order valence-electron chi connectivity index (χ2n) is 8.92. The molecule has 0 radical (unpaired) electrons. The first-order valence-corrected chi connectivity index (χ1v) is 11.3. The molecule has 5 nitrogen and oxygen atoms in total. The molecule has 0 amide bonds. The van der Waals surface area contributed by atoms with E-state index in [-0.39, 0.29) is 5.82 Å². The van der Waals surface area contributed by atoms with Crippen LogP contribution in [0, 0.1) is 0 Å². The van der Waals surface area contributed by atoms with Crippen LogP contribution in [0.3, 0.4) is 0 Å². The van der Waals surface area contributed by atoms with Crippen molar-refractivity contribution in [2.75, 3.05) is 0 Å². The Labute approximate surface area is 200 Å². The van der Waals surface area contributed by atoms with Crippen LogP contribution < -0.4 is 0 Å². The summed E-state index contributed by atoms with van der Waals surface area (Å²) < 4.78 is 42.3. The fraction of sp³-hybridized carbons (Fsp3) is 0.222. The SMILES string of the molecule is CC(C)c1ccccc1-c1ncc2ccc(Cc3ccc(-c4nc(C(F)(F)F)cn4C)cc3)n2n1. The Morgan fingerprint density at radius 1 is 0.943 bits per heavy atom. The summed E-state index contributed by atoms with van der Waals surface area (Å²) in [6.07, 6.45) is -1.02. The lowest BCUT2D eigenvalue weighted by atomic mass is 9.97. The summed E-state index contributed by atoms with van der Waals surface area (Å²) in [7, 11) is 1.56. The van der Waals surface area contributed by atoms with Gasteiger partial charge in [0.05, 0.1) is 11.7 Å². The van der Waals surface area contributed by atoms with Gasteiger partial charge in [0.2, 0.25) is 0 Å². The molecule has 8 heteroatoms. The van der Waals surface area contributed by atoms with Crippen molar-refractivity contribution in [1.82, 2.24) is 24.1 Å². The van der Waals surface area contributed by atoms with Gasteiger partial charge in [-0.1, -0.05) is 62.4 Å². The van der Waals surface area contributed by atoms with Gasteiger partial charge in [0.1, 0.15) is 5.82 Å². The van der Waals surface area contributed by atoms with Gasteiger partial charge < -0.3 is 4.57 Å². The van der Waals surface area contributed by atoms with E-state index in [1.165, 1.54) is 10.1 Å². The van der Waals surface area contributed by atoms with Gasteiger partial charge in [-0.25, -0.2) is 14.5 Å². The minimum absolute atomic E-state index is 0.276. The van der Waals surface area contributed by atoms with Crippen LogP contribution in [0.1, 0.15) is 42.3 Å². The van der Waals surface area contributed by atoms with Crippen molar-refractivity contribution in [2.45, 2.75) is 32.4 Å². The fourth-order valence-corrected chi connectivity index (χ4v) is 4.27. The zero-order chi connectivity index (χ0) is 24.7. The molecule has 0 spiro atoms. The van der Waals surface area contributed by atoms with E-state index in [0.717, 1.165) is 28.5 Å².